The first-order valence-electron chi connectivity index (χ1n) is 4.55. The molecule has 15 heavy (non-hydrogen) atoms. The van der Waals surface area contributed by atoms with Gasteiger partial charge in [0, 0.05) is 5.57 Å². The Morgan fingerprint density at radius 3 is 2.07 bits per heavy atom. The molecule has 0 radical (unpaired) electrons. The molecule has 4 nitrogen and oxygen atoms in total. The van der Waals surface area contributed by atoms with Gasteiger partial charge in [-0.15, -0.1) is 24.0 Å². The number of nitrogens with two attached hydrogens (primary N) is 1. The maximum Gasteiger partial charge on any atom is 0.333 e. The van der Waals surface area contributed by atoms with Crippen LogP contribution in [0.15, 0.2) is 12.2 Å². The van der Waals surface area contributed by atoms with Crippen LogP contribution in [0.1, 0.15) is 13.3 Å². The molecule has 0 aliphatic heterocycles. The predicted molar refractivity (Wildman–Crippen MR) is 74.5 cm³/mol. The van der Waals surface area contributed by atoms with E-state index in [2.05, 4.69) is 6.58 Å². The lowest BCUT2D eigenvalue weighted by Gasteiger charge is -2.01. The van der Waals surface area contributed by atoms with Crippen LogP contribution in [0.4, 0.5) is 0 Å². The summed E-state index contributed by atoms with van der Waals surface area (Å²) in [6, 6.07) is 0. The average Bonchev–Trinajstić information content (AvgIpc) is 2.03. The maximum atomic E-state index is 10.7. The summed E-state index contributed by atoms with van der Waals surface area (Å²) in [5.74, 6) is -0.339. The van der Waals surface area contributed by atoms with Crippen molar-refractivity contribution in [2.24, 2.45) is 5.73 Å². The molecule has 0 aromatic carbocycles. The van der Waals surface area contributed by atoms with E-state index in [0.717, 1.165) is 0 Å². The van der Waals surface area contributed by atoms with Gasteiger partial charge in [0.25, 0.3) is 0 Å². The molecule has 92 valence electrons. The monoisotopic (exact) mass is 330 g/mol. The van der Waals surface area contributed by atoms with Gasteiger partial charge in [-0.3, -0.25) is 0 Å². The minimum absolute atomic E-state index is 0. The van der Waals surface area contributed by atoms with Crippen LogP contribution in [0, 0.1) is 0 Å². The quantitative estimate of drug-likeness (QED) is 0.365. The summed E-state index contributed by atoms with van der Waals surface area (Å²) < 4.78 is 4.73. The van der Waals surface area contributed by atoms with Gasteiger partial charge in [0.2, 0.25) is 0 Å². The zero-order valence-corrected chi connectivity index (χ0v) is 12.4. The lowest BCUT2D eigenvalue weighted by Crippen LogP contribution is -2.09. The van der Waals surface area contributed by atoms with Crippen molar-refractivity contribution in [2.45, 2.75) is 13.3 Å². The fourth-order valence-electron chi connectivity index (χ4n) is 0.371. The Labute approximate surface area is 110 Å². The van der Waals surface area contributed by atoms with Crippen molar-refractivity contribution in [2.75, 3.05) is 34.3 Å². The van der Waals surface area contributed by atoms with Crippen LogP contribution in [0.25, 0.3) is 0 Å². The van der Waals surface area contributed by atoms with Gasteiger partial charge in [-0.25, -0.2) is 4.79 Å². The van der Waals surface area contributed by atoms with Gasteiger partial charge in [0.15, 0.2) is 0 Å². The summed E-state index contributed by atoms with van der Waals surface area (Å²) >= 11 is 0. The lowest BCUT2D eigenvalue weighted by atomic mass is 10.4. The Bertz CT molecular complexity index is 170. The number of hydrogen-bond donors (Lipinski definition) is 1. The summed E-state index contributed by atoms with van der Waals surface area (Å²) in [6.45, 7) is 5.98. The van der Waals surface area contributed by atoms with E-state index in [1.165, 1.54) is 0 Å². The molecular formula is C10H23IN2O2. The SMILES string of the molecule is C=C(C)C(=O)OCCCN.CN(C)C.I. The first-order chi connectivity index (χ1) is 6.41. The minimum Gasteiger partial charge on any atom is -0.462 e. The Kier molecular flexibility index (Phi) is 18.8. The van der Waals surface area contributed by atoms with Gasteiger partial charge in [0.05, 0.1) is 6.61 Å². The molecule has 0 amide bonds. The average molecular weight is 330 g/mol. The highest BCUT2D eigenvalue weighted by Crippen LogP contribution is 1.91. The Hall–Kier alpha value is -0.140. The van der Waals surface area contributed by atoms with Crippen LogP contribution in [0.3, 0.4) is 0 Å². The third-order valence-corrected chi connectivity index (χ3v) is 0.930. The molecule has 0 saturated heterocycles. The standard InChI is InChI=1S/C7H13NO2.C3H9N.HI/c1-6(2)7(9)10-5-3-4-8;1-4(2)3;/h1,3-5,8H2,2H3;1-3H3;1H. The molecule has 0 rings (SSSR count). The van der Waals surface area contributed by atoms with E-state index in [1.807, 2.05) is 26.0 Å². The van der Waals surface area contributed by atoms with Crippen molar-refractivity contribution in [1.29, 1.82) is 0 Å². The molecule has 5 heteroatoms. The van der Waals surface area contributed by atoms with Gasteiger partial charge in [-0.05, 0) is 41.0 Å². The summed E-state index contributed by atoms with van der Waals surface area (Å²) in [5, 5.41) is 0. The van der Waals surface area contributed by atoms with E-state index in [1.54, 1.807) is 6.92 Å². The molecule has 0 saturated carbocycles. The first kappa shape index (κ1) is 20.3. The largest absolute Gasteiger partial charge is 0.462 e. The van der Waals surface area contributed by atoms with E-state index in [4.69, 9.17) is 10.5 Å². The van der Waals surface area contributed by atoms with Crippen molar-refractivity contribution in [1.82, 2.24) is 4.90 Å². The number of halogens is 1. The normalized spacial score (nSPS) is 8.40. The fraction of sp³-hybridized carbons (Fsp3) is 0.700. The molecule has 0 aromatic rings. The number of carbonyl (C=O) groups excluding carboxylic acids is 1. The predicted octanol–water partition coefficient (Wildman–Crippen LogP) is 1.25. The third-order valence-electron chi connectivity index (χ3n) is 0.930. The fourth-order valence-corrected chi connectivity index (χ4v) is 0.371. The van der Waals surface area contributed by atoms with Gasteiger partial charge in [-0.2, -0.15) is 0 Å². The van der Waals surface area contributed by atoms with Crippen LogP contribution in [-0.4, -0.2) is 45.2 Å². The van der Waals surface area contributed by atoms with Gasteiger partial charge in [-0.1, -0.05) is 6.58 Å². The summed E-state index contributed by atoms with van der Waals surface area (Å²) in [7, 11) is 6.00. The Morgan fingerprint density at radius 1 is 1.40 bits per heavy atom. The van der Waals surface area contributed by atoms with E-state index in [0.29, 0.717) is 25.1 Å². The number of esters is 1. The molecule has 0 heterocycles. The Balaban J connectivity index is -0.000000249. The zero-order valence-electron chi connectivity index (χ0n) is 10.1. The van der Waals surface area contributed by atoms with Gasteiger partial charge >= 0.3 is 5.97 Å². The number of ether oxygens (including phenoxy) is 1. The van der Waals surface area contributed by atoms with Crippen molar-refractivity contribution < 1.29 is 9.53 Å². The molecular weight excluding hydrogens is 307 g/mol. The van der Waals surface area contributed by atoms with Crippen LogP contribution in [-0.2, 0) is 9.53 Å². The molecule has 0 bridgehead atoms. The van der Waals surface area contributed by atoms with E-state index in [9.17, 15) is 4.79 Å². The maximum absolute atomic E-state index is 10.7. The van der Waals surface area contributed by atoms with Gasteiger partial charge < -0.3 is 15.4 Å². The topological polar surface area (TPSA) is 55.6 Å². The zero-order chi connectivity index (χ0) is 11.6. The smallest absolute Gasteiger partial charge is 0.333 e. The molecule has 0 atom stereocenters. The van der Waals surface area contributed by atoms with Gasteiger partial charge in [0.1, 0.15) is 0 Å². The lowest BCUT2D eigenvalue weighted by molar-refractivity contribution is -0.138. The molecule has 0 aliphatic carbocycles. The Morgan fingerprint density at radius 2 is 1.80 bits per heavy atom. The number of carbonyl (C=O) groups is 1. The summed E-state index contributed by atoms with van der Waals surface area (Å²) in [5.41, 5.74) is 5.60. The third kappa shape index (κ3) is 24.8. The van der Waals surface area contributed by atoms with Crippen molar-refractivity contribution in [3.8, 4) is 0 Å². The number of nitrogens with zero attached hydrogens (tertiary/aromatic N) is 1. The molecule has 0 fully saturated rings. The van der Waals surface area contributed by atoms with Crippen LogP contribution < -0.4 is 5.73 Å². The van der Waals surface area contributed by atoms with Crippen molar-refractivity contribution in [3.63, 3.8) is 0 Å². The number of rotatable bonds is 4. The molecule has 0 aliphatic rings. The molecule has 0 aromatic heterocycles. The second kappa shape index (κ2) is 13.9. The molecule has 0 unspecified atom stereocenters. The van der Waals surface area contributed by atoms with E-state index >= 15 is 0 Å². The highest BCUT2D eigenvalue weighted by atomic mass is 127. The molecule has 0 spiro atoms. The molecule has 2 N–H and O–H groups in total. The van der Waals surface area contributed by atoms with E-state index < -0.39 is 0 Å². The number of hydrogen-bond acceptors (Lipinski definition) is 4. The minimum atomic E-state index is -0.339. The van der Waals surface area contributed by atoms with Crippen LogP contribution in [0.5, 0.6) is 0 Å². The second-order valence-corrected chi connectivity index (χ2v) is 3.40. The van der Waals surface area contributed by atoms with Crippen LogP contribution >= 0.6 is 24.0 Å². The highest BCUT2D eigenvalue weighted by molar-refractivity contribution is 14.0. The first-order valence-corrected chi connectivity index (χ1v) is 4.55. The summed E-state index contributed by atoms with van der Waals surface area (Å²) in [4.78, 5) is 12.7. The summed E-state index contributed by atoms with van der Waals surface area (Å²) in [6.07, 6.45) is 0.707. The van der Waals surface area contributed by atoms with Crippen molar-refractivity contribution >= 4 is 29.9 Å². The van der Waals surface area contributed by atoms with E-state index in [-0.39, 0.29) is 29.9 Å². The highest BCUT2D eigenvalue weighted by Gasteiger charge is 2.00. The van der Waals surface area contributed by atoms with Crippen molar-refractivity contribution in [3.05, 3.63) is 12.2 Å². The van der Waals surface area contributed by atoms with Crippen LogP contribution in [0.2, 0.25) is 0 Å². The second-order valence-electron chi connectivity index (χ2n) is 3.40.